The van der Waals surface area contributed by atoms with Crippen molar-refractivity contribution in [1.82, 2.24) is 14.7 Å². The van der Waals surface area contributed by atoms with Crippen LogP contribution in [0.1, 0.15) is 29.0 Å². The number of rotatable bonds is 6. The molecule has 0 saturated carbocycles. The Labute approximate surface area is 163 Å². The maximum Gasteiger partial charge on any atom is 0.240 e. The molecule has 2 heterocycles. The van der Waals surface area contributed by atoms with E-state index in [1.54, 1.807) is 29.8 Å². The van der Waals surface area contributed by atoms with E-state index in [4.69, 9.17) is 0 Å². The summed E-state index contributed by atoms with van der Waals surface area (Å²) in [5.41, 5.74) is 4.37. The Bertz CT molecular complexity index is 1030. The van der Waals surface area contributed by atoms with Gasteiger partial charge in [0.25, 0.3) is 0 Å². The summed E-state index contributed by atoms with van der Waals surface area (Å²) in [4.78, 5) is 8.96. The smallest absolute Gasteiger partial charge is 0.240 e. The molecule has 27 heavy (non-hydrogen) atoms. The molecular weight excluding hydrogens is 378 g/mol. The highest BCUT2D eigenvalue weighted by molar-refractivity contribution is 7.89. The predicted molar refractivity (Wildman–Crippen MR) is 107 cm³/mol. The molecule has 1 aliphatic rings. The molecule has 7 heteroatoms. The maximum atomic E-state index is 12.6. The zero-order valence-corrected chi connectivity index (χ0v) is 16.5. The first kappa shape index (κ1) is 18.3. The van der Waals surface area contributed by atoms with E-state index >= 15 is 0 Å². The molecular formula is C20H21N3O2S2. The average Bonchev–Trinajstić information content (AvgIpc) is 3.17. The minimum atomic E-state index is -3.49. The zero-order chi connectivity index (χ0) is 18.7. The standard InChI is InChI=1S/C20H21N3O2S2/c24-27(25,18-6-5-15-3-1-2-4-17(15)13-18)22-12-9-20-23-19(14-26-20)16-7-10-21-11-8-16/h5-8,10-11,13-14,22H,1-4,9,12H2. The van der Waals surface area contributed by atoms with E-state index in [9.17, 15) is 8.42 Å². The van der Waals surface area contributed by atoms with E-state index in [2.05, 4.69) is 14.7 Å². The molecule has 0 fully saturated rings. The minimum Gasteiger partial charge on any atom is -0.265 e. The van der Waals surface area contributed by atoms with E-state index in [0.29, 0.717) is 17.9 Å². The number of nitrogens with one attached hydrogen (secondary N) is 1. The number of hydrogen-bond acceptors (Lipinski definition) is 5. The normalized spacial score (nSPS) is 14.1. The van der Waals surface area contributed by atoms with Crippen molar-refractivity contribution in [2.45, 2.75) is 37.0 Å². The van der Waals surface area contributed by atoms with Crippen LogP contribution in [0.25, 0.3) is 11.3 Å². The molecule has 0 bridgehead atoms. The summed E-state index contributed by atoms with van der Waals surface area (Å²) in [7, 11) is -3.49. The van der Waals surface area contributed by atoms with Gasteiger partial charge in [-0.1, -0.05) is 6.07 Å². The molecule has 0 saturated heterocycles. The van der Waals surface area contributed by atoms with Crippen LogP contribution in [0.2, 0.25) is 0 Å². The van der Waals surface area contributed by atoms with Crippen molar-refractivity contribution in [1.29, 1.82) is 0 Å². The fourth-order valence-corrected chi connectivity index (χ4v) is 5.22. The molecule has 5 nitrogen and oxygen atoms in total. The van der Waals surface area contributed by atoms with Gasteiger partial charge in [-0.2, -0.15) is 0 Å². The van der Waals surface area contributed by atoms with Crippen LogP contribution in [-0.4, -0.2) is 24.9 Å². The number of thiazole rings is 1. The monoisotopic (exact) mass is 399 g/mol. The lowest BCUT2D eigenvalue weighted by Crippen LogP contribution is -2.26. The van der Waals surface area contributed by atoms with E-state index in [1.165, 1.54) is 17.5 Å². The molecule has 2 aromatic heterocycles. The van der Waals surface area contributed by atoms with Crippen molar-refractivity contribution < 1.29 is 8.42 Å². The van der Waals surface area contributed by atoms with Crippen molar-refractivity contribution >= 4 is 21.4 Å². The van der Waals surface area contributed by atoms with Crippen LogP contribution >= 0.6 is 11.3 Å². The molecule has 0 radical (unpaired) electrons. The lowest BCUT2D eigenvalue weighted by atomic mass is 9.92. The van der Waals surface area contributed by atoms with Gasteiger partial charge in [0.15, 0.2) is 0 Å². The van der Waals surface area contributed by atoms with Gasteiger partial charge in [0.1, 0.15) is 0 Å². The number of fused-ring (bicyclic) bond motifs is 1. The van der Waals surface area contributed by atoms with Crippen LogP contribution in [0.4, 0.5) is 0 Å². The third kappa shape index (κ3) is 4.26. The summed E-state index contributed by atoms with van der Waals surface area (Å²) < 4.78 is 27.9. The molecule has 140 valence electrons. The summed E-state index contributed by atoms with van der Waals surface area (Å²) in [6.07, 6.45) is 8.38. The molecule has 0 aliphatic heterocycles. The summed E-state index contributed by atoms with van der Waals surface area (Å²) in [6.45, 7) is 0.336. The van der Waals surface area contributed by atoms with Gasteiger partial charge in [0, 0.05) is 36.3 Å². The molecule has 1 aromatic carbocycles. The number of aromatic nitrogens is 2. The van der Waals surface area contributed by atoms with Gasteiger partial charge in [-0.3, -0.25) is 4.98 Å². The van der Waals surface area contributed by atoms with E-state index in [0.717, 1.165) is 35.5 Å². The number of hydrogen-bond donors (Lipinski definition) is 1. The Morgan fingerprint density at radius 2 is 1.81 bits per heavy atom. The van der Waals surface area contributed by atoms with Crippen molar-refractivity contribution in [3.05, 3.63) is 64.2 Å². The van der Waals surface area contributed by atoms with Crippen LogP contribution in [0, 0.1) is 0 Å². The van der Waals surface area contributed by atoms with Crippen LogP contribution < -0.4 is 4.72 Å². The van der Waals surface area contributed by atoms with Gasteiger partial charge >= 0.3 is 0 Å². The van der Waals surface area contributed by atoms with Crippen LogP contribution in [0.15, 0.2) is 53.0 Å². The van der Waals surface area contributed by atoms with Gasteiger partial charge in [0.2, 0.25) is 10.0 Å². The molecule has 0 spiro atoms. The fourth-order valence-electron chi connectivity index (χ4n) is 3.33. The summed E-state index contributed by atoms with van der Waals surface area (Å²) in [6, 6.07) is 9.35. The Morgan fingerprint density at radius 1 is 1.04 bits per heavy atom. The van der Waals surface area contributed by atoms with E-state index in [1.807, 2.05) is 29.6 Å². The van der Waals surface area contributed by atoms with Crippen LogP contribution in [-0.2, 0) is 29.3 Å². The molecule has 1 aliphatic carbocycles. The van der Waals surface area contributed by atoms with Gasteiger partial charge < -0.3 is 0 Å². The molecule has 0 amide bonds. The largest absolute Gasteiger partial charge is 0.265 e. The number of nitrogens with zero attached hydrogens (tertiary/aromatic N) is 2. The zero-order valence-electron chi connectivity index (χ0n) is 14.9. The van der Waals surface area contributed by atoms with Crippen molar-refractivity contribution in [2.24, 2.45) is 0 Å². The Balaban J connectivity index is 1.39. The fraction of sp³-hybridized carbons (Fsp3) is 0.300. The highest BCUT2D eigenvalue weighted by Crippen LogP contribution is 2.24. The first-order chi connectivity index (χ1) is 13.1. The Morgan fingerprint density at radius 3 is 2.63 bits per heavy atom. The molecule has 3 aromatic rings. The first-order valence-corrected chi connectivity index (χ1v) is 11.4. The van der Waals surface area contributed by atoms with Crippen LogP contribution in [0.3, 0.4) is 0 Å². The third-order valence-corrected chi connectivity index (χ3v) is 7.16. The minimum absolute atomic E-state index is 0.336. The van der Waals surface area contributed by atoms with E-state index in [-0.39, 0.29) is 0 Å². The summed E-state index contributed by atoms with van der Waals surface area (Å²) in [5.74, 6) is 0. The lowest BCUT2D eigenvalue weighted by molar-refractivity contribution is 0.581. The molecule has 0 atom stereocenters. The third-order valence-electron chi connectivity index (χ3n) is 4.79. The highest BCUT2D eigenvalue weighted by atomic mass is 32.2. The van der Waals surface area contributed by atoms with Gasteiger partial charge in [-0.05, 0) is 61.1 Å². The van der Waals surface area contributed by atoms with Crippen molar-refractivity contribution in [2.75, 3.05) is 6.54 Å². The van der Waals surface area contributed by atoms with E-state index < -0.39 is 10.0 Å². The summed E-state index contributed by atoms with van der Waals surface area (Å²) in [5, 5.41) is 2.90. The first-order valence-electron chi connectivity index (χ1n) is 9.08. The second kappa shape index (κ2) is 7.88. The Kier molecular flexibility index (Phi) is 5.33. The number of aryl methyl sites for hydroxylation is 2. The lowest BCUT2D eigenvalue weighted by Gasteiger charge is -2.16. The molecule has 4 rings (SSSR count). The topological polar surface area (TPSA) is 72.0 Å². The Hall–Kier alpha value is -2.09. The van der Waals surface area contributed by atoms with Gasteiger partial charge in [-0.25, -0.2) is 18.1 Å². The predicted octanol–water partition coefficient (Wildman–Crippen LogP) is 3.60. The summed E-state index contributed by atoms with van der Waals surface area (Å²) >= 11 is 1.54. The molecule has 1 N–H and O–H groups in total. The number of benzene rings is 1. The second-order valence-electron chi connectivity index (χ2n) is 6.65. The highest BCUT2D eigenvalue weighted by Gasteiger charge is 2.17. The average molecular weight is 400 g/mol. The number of pyridine rings is 1. The second-order valence-corrected chi connectivity index (χ2v) is 9.36. The van der Waals surface area contributed by atoms with Gasteiger partial charge in [0.05, 0.1) is 15.6 Å². The van der Waals surface area contributed by atoms with Gasteiger partial charge in [-0.15, -0.1) is 11.3 Å². The maximum absolute atomic E-state index is 12.6. The quantitative estimate of drug-likeness (QED) is 0.687. The van der Waals surface area contributed by atoms with Crippen LogP contribution in [0.5, 0.6) is 0 Å². The van der Waals surface area contributed by atoms with Crippen molar-refractivity contribution in [3.63, 3.8) is 0 Å². The number of sulfonamides is 1. The van der Waals surface area contributed by atoms with Crippen molar-refractivity contribution in [3.8, 4) is 11.3 Å². The molecule has 0 unspecified atom stereocenters. The SMILES string of the molecule is O=S(=O)(NCCc1nc(-c2ccncc2)cs1)c1ccc2c(c1)CCCC2.